The Balaban J connectivity index is 1.83. The fraction of sp³-hybridized carbons (Fsp3) is 0.474. The highest BCUT2D eigenvalue weighted by atomic mass is 16.4. The van der Waals surface area contributed by atoms with Crippen molar-refractivity contribution >= 4 is 12.0 Å². The molecule has 1 atom stereocenters. The van der Waals surface area contributed by atoms with E-state index in [1.165, 1.54) is 11.1 Å². The first-order chi connectivity index (χ1) is 12.1. The zero-order valence-electron chi connectivity index (χ0n) is 14.8. The summed E-state index contributed by atoms with van der Waals surface area (Å²) < 4.78 is 5.48. The molecule has 2 amide bonds. The molecule has 0 bridgehead atoms. The van der Waals surface area contributed by atoms with E-state index >= 15 is 0 Å². The first kappa shape index (κ1) is 17.5. The number of hydrogen-bond donors (Lipinski definition) is 2. The summed E-state index contributed by atoms with van der Waals surface area (Å²) in [6.07, 6.45) is 3.54. The quantitative estimate of drug-likeness (QED) is 0.870. The maximum Gasteiger partial charge on any atom is 0.325 e. The molecule has 0 saturated heterocycles. The van der Waals surface area contributed by atoms with E-state index in [0.29, 0.717) is 18.7 Å². The highest BCUT2D eigenvalue weighted by Gasteiger charge is 2.29. The highest BCUT2D eigenvalue weighted by molar-refractivity contribution is 5.87. The van der Waals surface area contributed by atoms with Crippen LogP contribution < -0.4 is 5.32 Å². The number of hydrogen-bond acceptors (Lipinski definition) is 4. The maximum atomic E-state index is 12.9. The third-order valence-corrected chi connectivity index (χ3v) is 4.77. The summed E-state index contributed by atoms with van der Waals surface area (Å²) in [5.41, 5.74) is 3.25. The molecule has 25 heavy (non-hydrogen) atoms. The minimum Gasteiger partial charge on any atom is -0.428 e. The standard InChI is InChI=1S/C19H25N3O3/c1-13-14(2)25-18(20-13)21-19(24)22(11-6-12-23)17-10-5-8-15-7-3-4-9-16(15)17/h3-4,7,9,17,23H,5-6,8,10-12H2,1-2H3,(H,20,21,24). The predicted octanol–water partition coefficient (Wildman–Crippen LogP) is 3.59. The number of benzene rings is 1. The molecular weight excluding hydrogens is 318 g/mol. The van der Waals surface area contributed by atoms with Gasteiger partial charge < -0.3 is 14.4 Å². The Bertz CT molecular complexity index is 722. The Morgan fingerprint density at radius 3 is 2.92 bits per heavy atom. The van der Waals surface area contributed by atoms with Gasteiger partial charge in [-0.05, 0) is 50.7 Å². The largest absolute Gasteiger partial charge is 0.428 e. The van der Waals surface area contributed by atoms with Crippen molar-refractivity contribution in [2.45, 2.75) is 45.6 Å². The number of urea groups is 1. The van der Waals surface area contributed by atoms with Crippen LogP contribution in [-0.2, 0) is 6.42 Å². The van der Waals surface area contributed by atoms with Gasteiger partial charge in [-0.25, -0.2) is 4.79 Å². The average Bonchev–Trinajstić information content (AvgIpc) is 2.92. The average molecular weight is 343 g/mol. The van der Waals surface area contributed by atoms with Gasteiger partial charge in [-0.15, -0.1) is 0 Å². The van der Waals surface area contributed by atoms with E-state index in [1.54, 1.807) is 4.90 Å². The van der Waals surface area contributed by atoms with Crippen molar-refractivity contribution in [2.75, 3.05) is 18.5 Å². The number of nitrogens with one attached hydrogen (secondary N) is 1. The molecule has 0 radical (unpaired) electrons. The zero-order valence-corrected chi connectivity index (χ0v) is 14.8. The van der Waals surface area contributed by atoms with Crippen LogP contribution in [0.3, 0.4) is 0 Å². The Morgan fingerprint density at radius 1 is 1.40 bits per heavy atom. The molecule has 1 aromatic heterocycles. The predicted molar refractivity (Wildman–Crippen MR) is 95.5 cm³/mol. The molecule has 2 aromatic rings. The van der Waals surface area contributed by atoms with Crippen LogP contribution in [0.2, 0.25) is 0 Å². The van der Waals surface area contributed by atoms with Crippen molar-refractivity contribution in [3.05, 3.63) is 46.8 Å². The molecule has 6 heteroatoms. The van der Waals surface area contributed by atoms with Crippen LogP contribution >= 0.6 is 0 Å². The molecule has 134 valence electrons. The van der Waals surface area contributed by atoms with Crippen LogP contribution in [0.4, 0.5) is 10.8 Å². The van der Waals surface area contributed by atoms with Crippen molar-refractivity contribution in [2.24, 2.45) is 0 Å². The number of rotatable bonds is 5. The van der Waals surface area contributed by atoms with E-state index in [2.05, 4.69) is 22.4 Å². The number of carbonyl (C=O) groups excluding carboxylic acids is 1. The van der Waals surface area contributed by atoms with Gasteiger partial charge in [-0.2, -0.15) is 4.98 Å². The molecule has 1 unspecified atom stereocenters. The lowest BCUT2D eigenvalue weighted by Crippen LogP contribution is -2.40. The van der Waals surface area contributed by atoms with Crippen LogP contribution in [0.1, 0.15) is 47.9 Å². The molecule has 0 fully saturated rings. The topological polar surface area (TPSA) is 78.6 Å². The van der Waals surface area contributed by atoms with Crippen LogP contribution in [0.25, 0.3) is 0 Å². The molecule has 0 aliphatic heterocycles. The van der Waals surface area contributed by atoms with Crippen LogP contribution in [-0.4, -0.2) is 34.2 Å². The summed E-state index contributed by atoms with van der Waals surface area (Å²) in [7, 11) is 0. The molecule has 0 saturated carbocycles. The second kappa shape index (κ2) is 7.70. The molecule has 0 spiro atoms. The fourth-order valence-electron chi connectivity index (χ4n) is 3.38. The number of anilines is 1. The Labute approximate surface area is 147 Å². The van der Waals surface area contributed by atoms with Gasteiger partial charge in [-0.1, -0.05) is 24.3 Å². The first-order valence-electron chi connectivity index (χ1n) is 8.80. The lowest BCUT2D eigenvalue weighted by atomic mass is 9.87. The van der Waals surface area contributed by atoms with Crippen LogP contribution in [0.15, 0.2) is 28.7 Å². The van der Waals surface area contributed by atoms with Gasteiger partial charge in [0.25, 0.3) is 0 Å². The first-order valence-corrected chi connectivity index (χ1v) is 8.80. The van der Waals surface area contributed by atoms with Crippen molar-refractivity contribution in [3.63, 3.8) is 0 Å². The SMILES string of the molecule is Cc1nc(NC(=O)N(CCCO)C2CCCc3ccccc32)oc1C. The maximum absolute atomic E-state index is 12.9. The summed E-state index contributed by atoms with van der Waals surface area (Å²) in [6, 6.07) is 8.27. The van der Waals surface area contributed by atoms with Crippen molar-refractivity contribution in [3.8, 4) is 0 Å². The fourth-order valence-corrected chi connectivity index (χ4v) is 3.38. The van der Waals surface area contributed by atoms with Gasteiger partial charge in [0.05, 0.1) is 11.7 Å². The van der Waals surface area contributed by atoms with Crippen molar-refractivity contribution in [1.82, 2.24) is 9.88 Å². The Morgan fingerprint density at radius 2 is 2.20 bits per heavy atom. The normalized spacial score (nSPS) is 16.4. The minimum atomic E-state index is -0.239. The summed E-state index contributed by atoms with van der Waals surface area (Å²) >= 11 is 0. The number of aliphatic hydroxyl groups is 1. The lowest BCUT2D eigenvalue weighted by molar-refractivity contribution is 0.169. The minimum absolute atomic E-state index is 0.00801. The van der Waals surface area contributed by atoms with E-state index in [4.69, 9.17) is 4.42 Å². The number of fused-ring (bicyclic) bond motifs is 1. The second-order valence-corrected chi connectivity index (χ2v) is 6.47. The molecule has 1 aromatic carbocycles. The highest BCUT2D eigenvalue weighted by Crippen LogP contribution is 2.34. The van der Waals surface area contributed by atoms with Crippen LogP contribution in [0, 0.1) is 13.8 Å². The third kappa shape index (κ3) is 3.85. The molecule has 1 aliphatic carbocycles. The number of oxazole rings is 1. The lowest BCUT2D eigenvalue weighted by Gasteiger charge is -2.35. The molecule has 1 aliphatic rings. The Hall–Kier alpha value is -2.34. The van der Waals surface area contributed by atoms with Crippen molar-refractivity contribution in [1.29, 1.82) is 0 Å². The van der Waals surface area contributed by atoms with E-state index in [9.17, 15) is 9.90 Å². The number of amides is 2. The van der Waals surface area contributed by atoms with Gasteiger partial charge in [0.2, 0.25) is 0 Å². The molecule has 6 nitrogen and oxygen atoms in total. The summed E-state index contributed by atoms with van der Waals surface area (Å²) in [4.78, 5) is 18.9. The van der Waals surface area contributed by atoms with Gasteiger partial charge in [0, 0.05) is 13.2 Å². The second-order valence-electron chi connectivity index (χ2n) is 6.47. The number of aliphatic hydroxyl groups excluding tert-OH is 1. The van der Waals surface area contributed by atoms with E-state index in [1.807, 2.05) is 26.0 Å². The molecule has 2 N–H and O–H groups in total. The van der Waals surface area contributed by atoms with Gasteiger partial charge in [0.1, 0.15) is 5.76 Å². The molecule has 1 heterocycles. The molecular formula is C19H25N3O3. The van der Waals surface area contributed by atoms with Gasteiger partial charge in [-0.3, -0.25) is 5.32 Å². The monoisotopic (exact) mass is 343 g/mol. The number of nitrogens with zero attached hydrogens (tertiary/aromatic N) is 2. The summed E-state index contributed by atoms with van der Waals surface area (Å²) in [6.45, 7) is 4.20. The van der Waals surface area contributed by atoms with E-state index in [-0.39, 0.29) is 24.7 Å². The Kier molecular flexibility index (Phi) is 5.38. The summed E-state index contributed by atoms with van der Waals surface area (Å²) in [5, 5.41) is 12.0. The smallest absolute Gasteiger partial charge is 0.325 e. The van der Waals surface area contributed by atoms with Gasteiger partial charge in [0.15, 0.2) is 0 Å². The number of aryl methyl sites for hydroxylation is 3. The van der Waals surface area contributed by atoms with E-state index in [0.717, 1.165) is 25.0 Å². The zero-order chi connectivity index (χ0) is 17.8. The number of carbonyl (C=O) groups is 1. The van der Waals surface area contributed by atoms with Crippen molar-refractivity contribution < 1.29 is 14.3 Å². The third-order valence-electron chi connectivity index (χ3n) is 4.77. The van der Waals surface area contributed by atoms with Gasteiger partial charge >= 0.3 is 12.0 Å². The molecule has 3 rings (SSSR count). The summed E-state index contributed by atoms with van der Waals surface area (Å²) in [5.74, 6) is 0.695. The van der Waals surface area contributed by atoms with E-state index < -0.39 is 0 Å². The number of aromatic nitrogens is 1. The van der Waals surface area contributed by atoms with Crippen LogP contribution in [0.5, 0.6) is 0 Å².